The van der Waals surface area contributed by atoms with E-state index in [0.717, 1.165) is 36.4 Å². The van der Waals surface area contributed by atoms with Gasteiger partial charge in [0.25, 0.3) is 5.78 Å². The number of hydrogen-bond acceptors (Lipinski definition) is 6. The molecule has 0 unspecified atom stereocenters. The first-order chi connectivity index (χ1) is 11.1. The minimum absolute atomic E-state index is 0.0157. The summed E-state index contributed by atoms with van der Waals surface area (Å²) >= 11 is 1.47. The number of nitrogens with one attached hydrogen (secondary N) is 1. The van der Waals surface area contributed by atoms with Crippen LogP contribution in [0.4, 0.5) is 0 Å². The third-order valence-electron chi connectivity index (χ3n) is 4.10. The van der Waals surface area contributed by atoms with Gasteiger partial charge in [0.05, 0.1) is 12.5 Å². The summed E-state index contributed by atoms with van der Waals surface area (Å²) in [5, 5.41) is 8.03. The van der Waals surface area contributed by atoms with Crippen LogP contribution in [0.25, 0.3) is 5.78 Å². The molecule has 2 aromatic rings. The average Bonchev–Trinajstić information content (AvgIpc) is 3.18. The van der Waals surface area contributed by atoms with E-state index < -0.39 is 0 Å². The molecule has 3 rings (SSSR count). The van der Waals surface area contributed by atoms with Crippen LogP contribution in [0, 0.1) is 13.8 Å². The molecule has 1 amide bonds. The highest BCUT2D eigenvalue weighted by Crippen LogP contribution is 2.17. The van der Waals surface area contributed by atoms with Gasteiger partial charge >= 0.3 is 0 Å². The van der Waals surface area contributed by atoms with Crippen LogP contribution in [0.15, 0.2) is 5.16 Å². The second-order valence-corrected chi connectivity index (χ2v) is 6.46. The summed E-state index contributed by atoms with van der Waals surface area (Å²) in [5.41, 5.74) is 2.63. The van der Waals surface area contributed by atoms with Crippen LogP contribution in [0.1, 0.15) is 29.8 Å². The standard InChI is InChI=1S/C15H21N5O2S/c1-9-12(7-13(21)16-8-11-5-4-6-22-11)10(2)20-14(17-9)18-15(19-20)23-3/h11H,4-8H2,1-3H3,(H,16,21)/t11-/m1/s1. The van der Waals surface area contributed by atoms with Crippen molar-refractivity contribution in [3.05, 3.63) is 17.0 Å². The van der Waals surface area contributed by atoms with Gasteiger partial charge in [0.2, 0.25) is 11.1 Å². The molecule has 124 valence electrons. The lowest BCUT2D eigenvalue weighted by molar-refractivity contribution is -0.121. The number of carbonyl (C=O) groups is 1. The number of hydrogen-bond donors (Lipinski definition) is 1. The fraction of sp³-hybridized carbons (Fsp3) is 0.600. The fourth-order valence-electron chi connectivity index (χ4n) is 2.79. The van der Waals surface area contributed by atoms with E-state index in [4.69, 9.17) is 4.74 Å². The van der Waals surface area contributed by atoms with Crippen LogP contribution in [0.3, 0.4) is 0 Å². The highest BCUT2D eigenvalue weighted by molar-refractivity contribution is 7.98. The SMILES string of the molecule is CSc1nc2nc(C)c(CC(=O)NC[C@H]3CCCO3)c(C)n2n1. The first-order valence-electron chi connectivity index (χ1n) is 7.73. The lowest BCUT2D eigenvalue weighted by Crippen LogP contribution is -2.33. The van der Waals surface area contributed by atoms with E-state index in [1.165, 1.54) is 11.8 Å². The van der Waals surface area contributed by atoms with E-state index in [2.05, 4.69) is 20.4 Å². The fourth-order valence-corrected chi connectivity index (χ4v) is 3.12. The second-order valence-electron chi connectivity index (χ2n) is 5.69. The third kappa shape index (κ3) is 3.48. The van der Waals surface area contributed by atoms with E-state index in [1.807, 2.05) is 20.1 Å². The molecule has 1 saturated heterocycles. The minimum Gasteiger partial charge on any atom is -0.376 e. The number of amides is 1. The van der Waals surface area contributed by atoms with Crippen LogP contribution < -0.4 is 5.32 Å². The molecule has 1 N–H and O–H groups in total. The van der Waals surface area contributed by atoms with Gasteiger partial charge in [0.15, 0.2) is 0 Å². The molecule has 0 radical (unpaired) electrons. The zero-order valence-corrected chi connectivity index (χ0v) is 14.4. The molecule has 0 saturated carbocycles. The molecule has 0 spiro atoms. The number of aryl methyl sites for hydroxylation is 2. The average molecular weight is 335 g/mol. The van der Waals surface area contributed by atoms with E-state index >= 15 is 0 Å². The van der Waals surface area contributed by atoms with Gasteiger partial charge in [-0.15, -0.1) is 5.10 Å². The van der Waals surface area contributed by atoms with Crippen molar-refractivity contribution in [2.24, 2.45) is 0 Å². The van der Waals surface area contributed by atoms with Crippen molar-refractivity contribution < 1.29 is 9.53 Å². The molecule has 1 fully saturated rings. The molecule has 0 bridgehead atoms. The molecule has 1 atom stereocenters. The van der Waals surface area contributed by atoms with Crippen molar-refractivity contribution in [1.29, 1.82) is 0 Å². The Kier molecular flexibility index (Phi) is 4.82. The third-order valence-corrected chi connectivity index (χ3v) is 4.64. The lowest BCUT2D eigenvalue weighted by atomic mass is 10.1. The van der Waals surface area contributed by atoms with Gasteiger partial charge in [0.1, 0.15) is 0 Å². The number of ether oxygens (including phenoxy) is 1. The second kappa shape index (κ2) is 6.84. The number of nitrogens with zero attached hydrogens (tertiary/aromatic N) is 4. The van der Waals surface area contributed by atoms with E-state index in [-0.39, 0.29) is 12.0 Å². The molecular formula is C15H21N5O2S. The molecule has 1 aliphatic rings. The number of thioether (sulfide) groups is 1. The molecule has 2 aromatic heterocycles. The Morgan fingerprint density at radius 1 is 1.43 bits per heavy atom. The van der Waals surface area contributed by atoms with Crippen LogP contribution >= 0.6 is 11.8 Å². The Morgan fingerprint density at radius 2 is 2.26 bits per heavy atom. The van der Waals surface area contributed by atoms with Crippen molar-refractivity contribution in [2.45, 2.75) is 44.4 Å². The van der Waals surface area contributed by atoms with Crippen LogP contribution in [-0.4, -0.2) is 51.0 Å². The van der Waals surface area contributed by atoms with Crippen molar-refractivity contribution in [2.75, 3.05) is 19.4 Å². The Hall–Kier alpha value is -1.67. The van der Waals surface area contributed by atoms with Crippen LogP contribution in [0.2, 0.25) is 0 Å². The number of aromatic nitrogens is 4. The van der Waals surface area contributed by atoms with Gasteiger partial charge in [0, 0.05) is 30.1 Å². The Labute approximate surface area is 139 Å². The minimum atomic E-state index is -0.0157. The largest absolute Gasteiger partial charge is 0.376 e. The predicted molar refractivity (Wildman–Crippen MR) is 87.7 cm³/mol. The van der Waals surface area contributed by atoms with E-state index in [0.29, 0.717) is 23.9 Å². The van der Waals surface area contributed by atoms with Crippen LogP contribution in [-0.2, 0) is 16.0 Å². The maximum Gasteiger partial charge on any atom is 0.253 e. The summed E-state index contributed by atoms with van der Waals surface area (Å²) in [6.07, 6.45) is 4.46. The Bertz CT molecular complexity index is 724. The van der Waals surface area contributed by atoms with Gasteiger partial charge < -0.3 is 10.1 Å². The topological polar surface area (TPSA) is 81.4 Å². The maximum absolute atomic E-state index is 12.2. The van der Waals surface area contributed by atoms with Crippen molar-refractivity contribution >= 4 is 23.4 Å². The first-order valence-corrected chi connectivity index (χ1v) is 8.96. The highest BCUT2D eigenvalue weighted by Gasteiger charge is 2.18. The smallest absolute Gasteiger partial charge is 0.253 e. The summed E-state index contributed by atoms with van der Waals surface area (Å²) in [6.45, 7) is 5.22. The first kappa shape index (κ1) is 16.2. The van der Waals surface area contributed by atoms with Crippen molar-refractivity contribution in [3.8, 4) is 0 Å². The summed E-state index contributed by atoms with van der Waals surface area (Å²) in [6, 6.07) is 0. The molecule has 0 aromatic carbocycles. The molecule has 3 heterocycles. The van der Waals surface area contributed by atoms with Crippen LogP contribution in [0.5, 0.6) is 0 Å². The summed E-state index contributed by atoms with van der Waals surface area (Å²) in [7, 11) is 0. The molecule has 1 aliphatic heterocycles. The van der Waals surface area contributed by atoms with Crippen molar-refractivity contribution in [1.82, 2.24) is 24.9 Å². The number of rotatable bonds is 5. The highest BCUT2D eigenvalue weighted by atomic mass is 32.2. The zero-order valence-electron chi connectivity index (χ0n) is 13.6. The molecule has 23 heavy (non-hydrogen) atoms. The molecule has 8 heteroatoms. The van der Waals surface area contributed by atoms with Gasteiger partial charge in [-0.1, -0.05) is 11.8 Å². The molecule has 0 aliphatic carbocycles. The number of fused-ring (bicyclic) bond motifs is 1. The Morgan fingerprint density at radius 3 is 2.96 bits per heavy atom. The lowest BCUT2D eigenvalue weighted by Gasteiger charge is -2.13. The molecule has 7 nitrogen and oxygen atoms in total. The summed E-state index contributed by atoms with van der Waals surface area (Å²) < 4.78 is 7.23. The van der Waals surface area contributed by atoms with Gasteiger partial charge in [-0.25, -0.2) is 9.50 Å². The summed E-state index contributed by atoms with van der Waals surface area (Å²) in [5.74, 6) is 0.561. The van der Waals surface area contributed by atoms with E-state index in [1.54, 1.807) is 4.52 Å². The number of carbonyl (C=O) groups excluding carboxylic acids is 1. The van der Waals surface area contributed by atoms with Gasteiger partial charge in [-0.3, -0.25) is 4.79 Å². The van der Waals surface area contributed by atoms with Gasteiger partial charge in [-0.2, -0.15) is 4.98 Å². The van der Waals surface area contributed by atoms with Gasteiger partial charge in [-0.05, 0) is 32.9 Å². The van der Waals surface area contributed by atoms with Crippen molar-refractivity contribution in [3.63, 3.8) is 0 Å². The Balaban J connectivity index is 1.74. The molecular weight excluding hydrogens is 314 g/mol. The normalized spacial score (nSPS) is 17.8. The quantitative estimate of drug-likeness (QED) is 0.830. The predicted octanol–water partition coefficient (Wildman–Crippen LogP) is 1.30. The maximum atomic E-state index is 12.2. The monoisotopic (exact) mass is 335 g/mol. The zero-order chi connectivity index (χ0) is 16.4. The summed E-state index contributed by atoms with van der Waals surface area (Å²) in [4.78, 5) is 21.0. The van der Waals surface area contributed by atoms with E-state index in [9.17, 15) is 4.79 Å².